The van der Waals surface area contributed by atoms with Gasteiger partial charge in [-0.15, -0.1) is 0 Å². The van der Waals surface area contributed by atoms with Gasteiger partial charge in [0.1, 0.15) is 5.82 Å². The minimum Gasteiger partial charge on any atom is -0.331 e. The van der Waals surface area contributed by atoms with Crippen molar-refractivity contribution in [3.63, 3.8) is 0 Å². The second-order valence-corrected chi connectivity index (χ2v) is 6.42. The Balaban J connectivity index is 1.71. The fourth-order valence-electron chi connectivity index (χ4n) is 2.89. The zero-order valence-electron chi connectivity index (χ0n) is 14.1. The molecule has 0 bridgehead atoms. The molecular formula is C18H23FN4O. The molecule has 6 heteroatoms. The molecule has 1 unspecified atom stereocenters. The number of urea groups is 1. The van der Waals surface area contributed by atoms with E-state index in [1.165, 1.54) is 6.07 Å². The van der Waals surface area contributed by atoms with Crippen LogP contribution in [0.2, 0.25) is 0 Å². The molecule has 1 aromatic heterocycles. The maximum absolute atomic E-state index is 14.0. The topological polar surface area (TPSA) is 50.2 Å². The summed E-state index contributed by atoms with van der Waals surface area (Å²) in [6, 6.07) is 6.52. The zero-order chi connectivity index (χ0) is 17.1. The van der Waals surface area contributed by atoms with Gasteiger partial charge >= 0.3 is 6.03 Å². The third-order valence-electron chi connectivity index (χ3n) is 4.64. The van der Waals surface area contributed by atoms with Crippen LogP contribution < -0.4 is 5.32 Å². The second kappa shape index (κ2) is 7.03. The van der Waals surface area contributed by atoms with E-state index in [0.29, 0.717) is 12.1 Å². The largest absolute Gasteiger partial charge is 0.331 e. The lowest BCUT2D eigenvalue weighted by atomic mass is 9.91. The fraction of sp³-hybridized carbons (Fsp3) is 0.444. The van der Waals surface area contributed by atoms with Crippen molar-refractivity contribution in [2.75, 3.05) is 0 Å². The van der Waals surface area contributed by atoms with Crippen LogP contribution in [0.5, 0.6) is 0 Å². The molecule has 1 aromatic carbocycles. The summed E-state index contributed by atoms with van der Waals surface area (Å²) in [6.07, 6.45) is 6.70. The van der Waals surface area contributed by atoms with Gasteiger partial charge in [0.2, 0.25) is 0 Å². The molecule has 1 N–H and O–H groups in total. The molecule has 1 saturated carbocycles. The molecule has 0 saturated heterocycles. The van der Waals surface area contributed by atoms with Gasteiger partial charge in [-0.3, -0.25) is 4.68 Å². The normalized spacial score (nSPS) is 15.6. The Morgan fingerprint density at radius 2 is 2.21 bits per heavy atom. The van der Waals surface area contributed by atoms with Gasteiger partial charge in [-0.05, 0) is 32.3 Å². The van der Waals surface area contributed by atoms with Gasteiger partial charge in [0.15, 0.2) is 0 Å². The highest BCUT2D eigenvalue weighted by atomic mass is 19.1. The molecule has 2 aromatic rings. The molecule has 2 amide bonds. The molecule has 0 aliphatic heterocycles. The number of carbonyl (C=O) groups is 1. The lowest BCUT2D eigenvalue weighted by Gasteiger charge is -2.38. The minimum atomic E-state index is -0.269. The van der Waals surface area contributed by atoms with Crippen molar-refractivity contribution in [2.24, 2.45) is 7.05 Å². The van der Waals surface area contributed by atoms with Gasteiger partial charge in [-0.25, -0.2) is 9.18 Å². The first-order chi connectivity index (χ1) is 11.5. The number of aryl methyl sites for hydroxylation is 1. The quantitative estimate of drug-likeness (QED) is 0.913. The standard InChI is InChI=1S/C18H23FN4O/c1-13(15-10-20-22(2)11-15)21-18(24)23(16-7-5-8-16)12-14-6-3-4-9-17(14)19/h3-4,6,9-11,13,16H,5,7-8,12H2,1-2H3,(H,21,24). The van der Waals surface area contributed by atoms with Crippen LogP contribution in [-0.4, -0.2) is 26.8 Å². The lowest BCUT2D eigenvalue weighted by molar-refractivity contribution is 0.130. The number of nitrogens with zero attached hydrogens (tertiary/aromatic N) is 3. The van der Waals surface area contributed by atoms with E-state index in [-0.39, 0.29) is 23.9 Å². The number of hydrogen-bond acceptors (Lipinski definition) is 2. The van der Waals surface area contributed by atoms with E-state index in [2.05, 4.69) is 10.4 Å². The molecule has 128 valence electrons. The van der Waals surface area contributed by atoms with Gasteiger partial charge in [0.25, 0.3) is 0 Å². The van der Waals surface area contributed by atoms with Gasteiger partial charge in [0, 0.05) is 30.4 Å². The number of amides is 2. The van der Waals surface area contributed by atoms with Crippen LogP contribution in [0, 0.1) is 5.82 Å². The molecular weight excluding hydrogens is 307 g/mol. The molecule has 1 aliphatic carbocycles. The van der Waals surface area contributed by atoms with Gasteiger partial charge in [-0.2, -0.15) is 5.10 Å². The maximum Gasteiger partial charge on any atom is 0.318 e. The van der Waals surface area contributed by atoms with Crippen LogP contribution in [0.1, 0.15) is 43.4 Å². The fourth-order valence-corrected chi connectivity index (χ4v) is 2.89. The summed E-state index contributed by atoms with van der Waals surface area (Å²) in [4.78, 5) is 14.5. The number of aromatic nitrogens is 2. The van der Waals surface area contributed by atoms with E-state index in [4.69, 9.17) is 0 Å². The highest BCUT2D eigenvalue weighted by Crippen LogP contribution is 2.27. The van der Waals surface area contributed by atoms with Crippen molar-refractivity contribution in [1.29, 1.82) is 0 Å². The van der Waals surface area contributed by atoms with Crippen LogP contribution in [0.15, 0.2) is 36.7 Å². The lowest BCUT2D eigenvalue weighted by Crippen LogP contribution is -2.49. The first-order valence-electron chi connectivity index (χ1n) is 8.33. The van der Waals surface area contributed by atoms with E-state index in [0.717, 1.165) is 24.8 Å². The molecule has 0 spiro atoms. The van der Waals surface area contributed by atoms with E-state index in [9.17, 15) is 9.18 Å². The average molecular weight is 330 g/mol. The summed E-state index contributed by atoms with van der Waals surface area (Å²) in [7, 11) is 1.84. The van der Waals surface area contributed by atoms with Crippen molar-refractivity contribution < 1.29 is 9.18 Å². The van der Waals surface area contributed by atoms with Crippen LogP contribution in [0.4, 0.5) is 9.18 Å². The summed E-state index contributed by atoms with van der Waals surface area (Å²) >= 11 is 0. The van der Waals surface area contributed by atoms with E-state index < -0.39 is 0 Å². The molecule has 1 heterocycles. The van der Waals surface area contributed by atoms with Gasteiger partial charge < -0.3 is 10.2 Å². The molecule has 0 radical (unpaired) electrons. The predicted octanol–water partition coefficient (Wildman–Crippen LogP) is 3.38. The van der Waals surface area contributed by atoms with Crippen molar-refractivity contribution in [1.82, 2.24) is 20.0 Å². The highest BCUT2D eigenvalue weighted by molar-refractivity contribution is 5.75. The van der Waals surface area contributed by atoms with E-state index in [1.807, 2.05) is 20.2 Å². The molecule has 5 nitrogen and oxygen atoms in total. The molecule has 1 aliphatic rings. The molecule has 1 fully saturated rings. The predicted molar refractivity (Wildman–Crippen MR) is 89.7 cm³/mol. The number of benzene rings is 1. The monoisotopic (exact) mass is 330 g/mol. The van der Waals surface area contributed by atoms with Crippen LogP contribution in [-0.2, 0) is 13.6 Å². The number of carbonyl (C=O) groups excluding carboxylic acids is 1. The van der Waals surface area contributed by atoms with E-state index in [1.54, 1.807) is 34.0 Å². The Hall–Kier alpha value is -2.37. The minimum absolute atomic E-state index is 0.144. The number of rotatable bonds is 5. The Bertz CT molecular complexity index is 711. The summed E-state index contributed by atoms with van der Waals surface area (Å²) in [5.41, 5.74) is 1.50. The van der Waals surface area contributed by atoms with Crippen molar-refractivity contribution in [3.8, 4) is 0 Å². The van der Waals surface area contributed by atoms with Gasteiger partial charge in [-0.1, -0.05) is 18.2 Å². The maximum atomic E-state index is 14.0. The first-order valence-corrected chi connectivity index (χ1v) is 8.33. The number of hydrogen-bond donors (Lipinski definition) is 1. The Kier molecular flexibility index (Phi) is 4.83. The third kappa shape index (κ3) is 3.58. The Morgan fingerprint density at radius 1 is 1.46 bits per heavy atom. The smallest absolute Gasteiger partial charge is 0.318 e. The third-order valence-corrected chi connectivity index (χ3v) is 4.64. The molecule has 1 atom stereocenters. The second-order valence-electron chi connectivity index (χ2n) is 6.42. The molecule has 3 rings (SSSR count). The summed E-state index contributed by atoms with van der Waals surface area (Å²) in [6.45, 7) is 2.22. The van der Waals surface area contributed by atoms with Crippen molar-refractivity contribution >= 4 is 6.03 Å². The van der Waals surface area contributed by atoms with Crippen molar-refractivity contribution in [3.05, 3.63) is 53.6 Å². The van der Waals surface area contributed by atoms with Gasteiger partial charge in [0.05, 0.1) is 18.8 Å². The first kappa shape index (κ1) is 16.5. The zero-order valence-corrected chi connectivity index (χ0v) is 14.1. The number of halogens is 1. The molecule has 24 heavy (non-hydrogen) atoms. The van der Waals surface area contributed by atoms with E-state index >= 15 is 0 Å². The summed E-state index contributed by atoms with van der Waals surface area (Å²) in [5, 5.41) is 7.14. The van der Waals surface area contributed by atoms with Crippen LogP contribution in [0.25, 0.3) is 0 Å². The average Bonchev–Trinajstić information content (AvgIpc) is 2.93. The van der Waals surface area contributed by atoms with Crippen LogP contribution >= 0.6 is 0 Å². The van der Waals surface area contributed by atoms with Crippen LogP contribution in [0.3, 0.4) is 0 Å². The Morgan fingerprint density at radius 3 is 2.79 bits per heavy atom. The Labute approximate surface area is 141 Å². The highest BCUT2D eigenvalue weighted by Gasteiger charge is 2.30. The SMILES string of the molecule is CC(NC(=O)N(Cc1ccccc1F)C1CCC1)c1cnn(C)c1. The summed E-state index contributed by atoms with van der Waals surface area (Å²) < 4.78 is 15.7. The number of nitrogens with one attached hydrogen (secondary N) is 1. The van der Waals surface area contributed by atoms with Crippen molar-refractivity contribution in [2.45, 2.75) is 44.8 Å². The summed E-state index contributed by atoms with van der Waals surface area (Å²) in [5.74, 6) is -0.269.